The van der Waals surface area contributed by atoms with Gasteiger partial charge in [-0.2, -0.15) is 0 Å². The average molecular weight is 465 g/mol. The van der Waals surface area contributed by atoms with E-state index in [1.54, 1.807) is 11.3 Å². The van der Waals surface area contributed by atoms with Crippen molar-refractivity contribution < 1.29 is 14.6 Å². The van der Waals surface area contributed by atoms with Gasteiger partial charge in [0.05, 0.1) is 44.0 Å². The van der Waals surface area contributed by atoms with Gasteiger partial charge in [-0.15, -0.1) is 11.3 Å². The van der Waals surface area contributed by atoms with Crippen LogP contribution in [0.1, 0.15) is 43.0 Å². The van der Waals surface area contributed by atoms with Crippen molar-refractivity contribution >= 4 is 21.6 Å². The summed E-state index contributed by atoms with van der Waals surface area (Å²) in [6, 6.07) is 0. The summed E-state index contributed by atoms with van der Waals surface area (Å²) in [5.74, 6) is 0.667. The second kappa shape index (κ2) is 11.2. The van der Waals surface area contributed by atoms with Crippen LogP contribution in [0.4, 0.5) is 0 Å². The highest BCUT2D eigenvalue weighted by Crippen LogP contribution is 2.33. The van der Waals surface area contributed by atoms with Crippen molar-refractivity contribution in [2.75, 3.05) is 52.5 Å². The fraction of sp³-hybridized carbons (Fsp3) is 0.739. The van der Waals surface area contributed by atoms with Crippen molar-refractivity contribution in [2.24, 2.45) is 0 Å². The molecule has 9 heteroatoms. The number of nitrogens with zero attached hydrogens (tertiary/aromatic N) is 3. The standard InChI is InChI=1S/C23H36N4O4S/c1-16(2)31-15-17(28)13-27(8-7-26-9-11-30-12-10-26)14-20-24-22(29)21-18-5-3-4-6-19(18)32-23(21)25-20/h16-17,28H,3-15H2,1-2H3,(H,24,25,29). The molecule has 1 aliphatic heterocycles. The number of aliphatic hydroxyl groups is 1. The molecule has 0 amide bonds. The van der Waals surface area contributed by atoms with Gasteiger partial charge in [0, 0.05) is 37.6 Å². The molecule has 2 aliphatic rings. The number of rotatable bonds is 10. The lowest BCUT2D eigenvalue weighted by molar-refractivity contribution is -0.0132. The zero-order valence-corrected chi connectivity index (χ0v) is 20.1. The van der Waals surface area contributed by atoms with Gasteiger partial charge in [-0.3, -0.25) is 14.6 Å². The number of fused-ring (bicyclic) bond motifs is 3. The summed E-state index contributed by atoms with van der Waals surface area (Å²) in [5.41, 5.74) is 1.18. The lowest BCUT2D eigenvalue weighted by Gasteiger charge is -2.30. The third-order valence-corrected chi connectivity index (χ3v) is 7.36. The second-order valence-corrected chi connectivity index (χ2v) is 10.2. The van der Waals surface area contributed by atoms with Gasteiger partial charge in [-0.05, 0) is 45.1 Å². The number of aliphatic hydroxyl groups excluding tert-OH is 1. The van der Waals surface area contributed by atoms with E-state index in [4.69, 9.17) is 14.5 Å². The molecule has 1 atom stereocenters. The smallest absolute Gasteiger partial charge is 0.259 e. The van der Waals surface area contributed by atoms with Crippen LogP contribution >= 0.6 is 11.3 Å². The first-order valence-electron chi connectivity index (χ1n) is 11.8. The summed E-state index contributed by atoms with van der Waals surface area (Å²) in [7, 11) is 0. The average Bonchev–Trinajstić information content (AvgIpc) is 3.15. The summed E-state index contributed by atoms with van der Waals surface area (Å²) in [6.07, 6.45) is 3.86. The number of aryl methyl sites for hydroxylation is 2. The summed E-state index contributed by atoms with van der Waals surface area (Å²) in [4.78, 5) is 27.5. The predicted octanol–water partition coefficient (Wildman–Crippen LogP) is 1.78. The molecule has 2 aromatic heterocycles. The topological polar surface area (TPSA) is 90.9 Å². The number of H-pyrrole nitrogens is 1. The van der Waals surface area contributed by atoms with Crippen LogP contribution in [0.3, 0.4) is 0 Å². The van der Waals surface area contributed by atoms with E-state index < -0.39 is 6.10 Å². The van der Waals surface area contributed by atoms with Gasteiger partial charge >= 0.3 is 0 Å². The monoisotopic (exact) mass is 464 g/mol. The van der Waals surface area contributed by atoms with E-state index in [-0.39, 0.29) is 11.7 Å². The molecule has 4 rings (SSSR count). The summed E-state index contributed by atoms with van der Waals surface area (Å²) < 4.78 is 11.0. The zero-order valence-electron chi connectivity index (χ0n) is 19.3. The second-order valence-electron chi connectivity index (χ2n) is 9.13. The van der Waals surface area contributed by atoms with E-state index in [1.807, 2.05) is 13.8 Å². The molecule has 1 fully saturated rings. The Balaban J connectivity index is 1.48. The van der Waals surface area contributed by atoms with Crippen molar-refractivity contribution in [3.05, 3.63) is 26.6 Å². The Kier molecular flexibility index (Phi) is 8.31. The summed E-state index contributed by atoms with van der Waals surface area (Å²) >= 11 is 1.68. The fourth-order valence-corrected chi connectivity index (χ4v) is 5.77. The van der Waals surface area contributed by atoms with Gasteiger partial charge in [0.15, 0.2) is 0 Å². The SMILES string of the molecule is CC(C)OCC(O)CN(CCN1CCOCC1)Cc1nc2sc3c(c2c(=O)[nH]1)CCCC3. The molecule has 1 aliphatic carbocycles. The minimum absolute atomic E-state index is 0.0266. The number of thiophene rings is 1. The van der Waals surface area contributed by atoms with Crippen LogP contribution in [0.25, 0.3) is 10.2 Å². The van der Waals surface area contributed by atoms with Crippen LogP contribution in [-0.2, 0) is 28.9 Å². The number of nitrogens with one attached hydrogen (secondary N) is 1. The number of ether oxygens (including phenoxy) is 2. The minimum Gasteiger partial charge on any atom is -0.389 e. The Bertz CT molecular complexity index is 938. The van der Waals surface area contributed by atoms with Crippen LogP contribution in [0, 0.1) is 0 Å². The van der Waals surface area contributed by atoms with Gasteiger partial charge in [0.25, 0.3) is 5.56 Å². The molecule has 8 nitrogen and oxygen atoms in total. The number of hydrogen-bond acceptors (Lipinski definition) is 8. The largest absolute Gasteiger partial charge is 0.389 e. The lowest BCUT2D eigenvalue weighted by atomic mass is 9.97. The number of aromatic amines is 1. The fourth-order valence-electron chi connectivity index (χ4n) is 4.49. The highest BCUT2D eigenvalue weighted by atomic mass is 32.1. The molecule has 0 aromatic carbocycles. The number of hydrogen-bond donors (Lipinski definition) is 2. The third-order valence-electron chi connectivity index (χ3n) is 6.17. The minimum atomic E-state index is -0.591. The van der Waals surface area contributed by atoms with Gasteiger partial charge in [-0.25, -0.2) is 4.98 Å². The third kappa shape index (κ3) is 6.15. The molecular weight excluding hydrogens is 428 g/mol. The molecule has 0 saturated carbocycles. The Hall–Kier alpha value is -1.36. The molecule has 0 radical (unpaired) electrons. The van der Waals surface area contributed by atoms with Crippen LogP contribution in [-0.4, -0.2) is 89.6 Å². The van der Waals surface area contributed by atoms with Crippen molar-refractivity contribution in [3.8, 4) is 0 Å². The van der Waals surface area contributed by atoms with Crippen molar-refractivity contribution in [1.29, 1.82) is 0 Å². The Labute approximate surface area is 193 Å². The highest BCUT2D eigenvalue weighted by molar-refractivity contribution is 7.18. The molecule has 2 N–H and O–H groups in total. The number of aromatic nitrogens is 2. The van der Waals surface area contributed by atoms with Gasteiger partial charge < -0.3 is 19.6 Å². The van der Waals surface area contributed by atoms with E-state index in [0.29, 0.717) is 25.5 Å². The number of morpholine rings is 1. The first-order chi connectivity index (χ1) is 15.5. The van der Waals surface area contributed by atoms with Crippen LogP contribution in [0.5, 0.6) is 0 Å². The van der Waals surface area contributed by atoms with E-state index in [2.05, 4.69) is 14.8 Å². The maximum Gasteiger partial charge on any atom is 0.259 e. The summed E-state index contributed by atoms with van der Waals surface area (Å²) in [6.45, 7) is 10.2. The maximum atomic E-state index is 12.9. The molecule has 1 unspecified atom stereocenters. The lowest BCUT2D eigenvalue weighted by Crippen LogP contribution is -2.43. The molecule has 3 heterocycles. The van der Waals surface area contributed by atoms with E-state index in [9.17, 15) is 9.90 Å². The molecule has 178 valence electrons. The van der Waals surface area contributed by atoms with Crippen LogP contribution in [0.15, 0.2) is 4.79 Å². The van der Waals surface area contributed by atoms with Crippen LogP contribution < -0.4 is 5.56 Å². The Morgan fingerprint density at radius 2 is 2.06 bits per heavy atom. The predicted molar refractivity (Wildman–Crippen MR) is 127 cm³/mol. The molecule has 2 aromatic rings. The molecule has 1 saturated heterocycles. The van der Waals surface area contributed by atoms with Crippen LogP contribution in [0.2, 0.25) is 0 Å². The first kappa shape index (κ1) is 23.8. The van der Waals surface area contributed by atoms with E-state index >= 15 is 0 Å². The molecule has 0 bridgehead atoms. The van der Waals surface area contributed by atoms with Gasteiger partial charge in [0.2, 0.25) is 0 Å². The van der Waals surface area contributed by atoms with E-state index in [0.717, 1.165) is 68.9 Å². The van der Waals surface area contributed by atoms with Crippen molar-refractivity contribution in [3.63, 3.8) is 0 Å². The van der Waals surface area contributed by atoms with Gasteiger partial charge in [-0.1, -0.05) is 0 Å². The Morgan fingerprint density at radius 1 is 1.28 bits per heavy atom. The van der Waals surface area contributed by atoms with Crippen molar-refractivity contribution in [2.45, 2.75) is 58.3 Å². The first-order valence-corrected chi connectivity index (χ1v) is 12.7. The zero-order chi connectivity index (χ0) is 22.5. The highest BCUT2D eigenvalue weighted by Gasteiger charge is 2.21. The normalized spacial score (nSPS) is 18.5. The molecular formula is C23H36N4O4S. The van der Waals surface area contributed by atoms with Crippen molar-refractivity contribution in [1.82, 2.24) is 19.8 Å². The van der Waals surface area contributed by atoms with Gasteiger partial charge in [0.1, 0.15) is 10.7 Å². The van der Waals surface area contributed by atoms with E-state index in [1.165, 1.54) is 16.9 Å². The maximum absolute atomic E-state index is 12.9. The molecule has 32 heavy (non-hydrogen) atoms. The summed E-state index contributed by atoms with van der Waals surface area (Å²) in [5, 5.41) is 11.3. The quantitative estimate of drug-likeness (QED) is 0.554. The molecule has 0 spiro atoms. The Morgan fingerprint density at radius 3 is 2.84 bits per heavy atom.